The van der Waals surface area contributed by atoms with Crippen LogP contribution in [0.4, 0.5) is 0 Å². The summed E-state index contributed by atoms with van der Waals surface area (Å²) in [5.41, 5.74) is -1.01. The summed E-state index contributed by atoms with van der Waals surface area (Å²) in [6.07, 6.45) is 3.16. The molecule has 0 aromatic carbocycles. The molecular weight excluding hydrogens is 545 g/mol. The van der Waals surface area contributed by atoms with E-state index in [1.807, 2.05) is 34.6 Å². The first-order valence-corrected chi connectivity index (χ1v) is 12.7. The van der Waals surface area contributed by atoms with Crippen LogP contribution in [0.2, 0.25) is 0 Å². The van der Waals surface area contributed by atoms with Gasteiger partial charge < -0.3 is 19.7 Å². The molecule has 0 rings (SSSR count). The zero-order chi connectivity index (χ0) is 26.1. The van der Waals surface area contributed by atoms with E-state index in [0.717, 1.165) is 19.3 Å². The van der Waals surface area contributed by atoms with Gasteiger partial charge in [-0.15, -0.1) is 0 Å². The van der Waals surface area contributed by atoms with Crippen molar-refractivity contribution in [2.45, 2.75) is 146 Å². The van der Waals surface area contributed by atoms with E-state index in [0.29, 0.717) is 13.0 Å². The van der Waals surface area contributed by atoms with Crippen molar-refractivity contribution in [1.29, 1.82) is 0 Å². The molecule has 3 atom stereocenters. The van der Waals surface area contributed by atoms with Crippen LogP contribution >= 0.6 is 0 Å². The fourth-order valence-electron chi connectivity index (χ4n) is 1.81. The first-order valence-electron chi connectivity index (χ1n) is 11.1. The van der Waals surface area contributed by atoms with Crippen LogP contribution in [0.5, 0.6) is 0 Å². The summed E-state index contributed by atoms with van der Waals surface area (Å²) in [7, 11) is -4.32. The minimum absolute atomic E-state index is 0. The topological polar surface area (TPSA) is 150 Å². The number of ether oxygens (including phenoxy) is 1. The van der Waals surface area contributed by atoms with E-state index in [9.17, 15) is 27.4 Å². The molecule has 11 heteroatoms. The number of carbonyl (C=O) groups is 3. The van der Waals surface area contributed by atoms with Crippen molar-refractivity contribution >= 4 is 28.0 Å². The van der Waals surface area contributed by atoms with E-state index in [1.165, 1.54) is 13.8 Å². The zero-order valence-corrected chi connectivity index (χ0v) is 25.0. The predicted molar refractivity (Wildman–Crippen MR) is 171 cm³/mol. The van der Waals surface area contributed by atoms with Gasteiger partial charge in [0.1, 0.15) is 0 Å². The summed E-state index contributed by atoms with van der Waals surface area (Å²) < 4.78 is 36.6. The Labute approximate surface area is 274 Å². The van der Waals surface area contributed by atoms with Gasteiger partial charge >= 0.3 is 41.5 Å². The standard InChI is InChI=1S/C9H19NO4S.C8H16O2.C5H10O2.7CH4.Na/c1-5-7(2)8(11)10-9(3,4)6-15(12,13)14;1-4-6-10-8(9)7(3)5-2;1-3-4(2)5(6)7;;;;;;;;/h7H,5-6H2,1-4H3,(H,10,11)(H,12,13,14);7H,4-6H2,1-3H3;4H,3H2,1-2H3,(H,6,7);7*1H4;/q;;;;;;;;;;+1/p-1. The van der Waals surface area contributed by atoms with Crippen molar-refractivity contribution in [3.8, 4) is 0 Å². The Morgan fingerprint density at radius 1 is 0.800 bits per heavy atom. The summed E-state index contributed by atoms with van der Waals surface area (Å²) in [6, 6.07) is 0. The molecule has 0 aliphatic rings. The van der Waals surface area contributed by atoms with Crippen LogP contribution in [0.3, 0.4) is 0 Å². The maximum absolute atomic E-state index is 11.5. The number of carboxylic acid groups (broad SMARTS) is 1. The van der Waals surface area contributed by atoms with Crippen molar-refractivity contribution in [3.05, 3.63) is 0 Å². The van der Waals surface area contributed by atoms with Crippen LogP contribution in [0, 0.1) is 17.8 Å². The van der Waals surface area contributed by atoms with Gasteiger partial charge in [0, 0.05) is 11.5 Å². The summed E-state index contributed by atoms with van der Waals surface area (Å²) in [4.78, 5) is 32.3. The molecule has 0 saturated carbocycles. The normalized spacial score (nSPS) is 11.1. The Balaban J connectivity index is -0.0000000336. The summed E-state index contributed by atoms with van der Waals surface area (Å²) >= 11 is 0. The second kappa shape index (κ2) is 38.3. The number of hydrogen-bond acceptors (Lipinski definition) is 7. The van der Waals surface area contributed by atoms with Gasteiger partial charge in [-0.05, 0) is 39.5 Å². The number of aliphatic carboxylic acids is 1. The van der Waals surface area contributed by atoms with E-state index in [-0.39, 0.29) is 111 Å². The SMILES string of the molecule is C.C.C.C.C.C.C.CCC(C)C(=O)NC(C)(C)CS(=O)(=O)[O-].CCC(C)C(=O)O.CCCOC(=O)C(C)CC.[Na+]. The molecule has 0 fully saturated rings. The molecule has 248 valence electrons. The minimum Gasteiger partial charge on any atom is -0.748 e. The van der Waals surface area contributed by atoms with Gasteiger partial charge in [0.2, 0.25) is 5.91 Å². The molecule has 3 unspecified atom stereocenters. The van der Waals surface area contributed by atoms with E-state index < -0.39 is 27.4 Å². The first kappa shape index (κ1) is 72.0. The summed E-state index contributed by atoms with van der Waals surface area (Å²) in [5.74, 6) is -1.90. The average Bonchev–Trinajstić information content (AvgIpc) is 2.68. The molecule has 0 bridgehead atoms. The molecule has 0 heterocycles. The number of amides is 1. The molecule has 1 amide bonds. The Hall–Kier alpha value is -0.680. The van der Waals surface area contributed by atoms with Gasteiger partial charge in [-0.25, -0.2) is 8.42 Å². The van der Waals surface area contributed by atoms with Crippen molar-refractivity contribution in [2.24, 2.45) is 17.8 Å². The molecule has 2 N–H and O–H groups in total. The third-order valence-electron chi connectivity index (χ3n) is 4.56. The fourth-order valence-corrected chi connectivity index (χ4v) is 2.76. The fraction of sp³-hybridized carbons (Fsp3) is 0.897. The van der Waals surface area contributed by atoms with Crippen molar-refractivity contribution < 1.29 is 66.8 Å². The molecule has 9 nitrogen and oxygen atoms in total. The molecular formula is C29H72NNaO8S. The summed E-state index contributed by atoms with van der Waals surface area (Å²) in [5, 5.41) is 10.7. The van der Waals surface area contributed by atoms with Gasteiger partial charge in [0.15, 0.2) is 0 Å². The Kier molecular flexibility index (Phi) is 69.0. The number of nitrogens with one attached hydrogen (secondary N) is 1. The number of carbonyl (C=O) groups excluding carboxylic acids is 2. The third-order valence-corrected chi connectivity index (χ3v) is 5.63. The molecule has 0 radical (unpaired) electrons. The van der Waals surface area contributed by atoms with Crippen molar-refractivity contribution in [2.75, 3.05) is 12.4 Å². The van der Waals surface area contributed by atoms with E-state index in [4.69, 9.17) is 9.84 Å². The van der Waals surface area contributed by atoms with Crippen LogP contribution in [0.1, 0.15) is 140 Å². The van der Waals surface area contributed by atoms with Crippen LogP contribution in [-0.2, 0) is 29.2 Å². The van der Waals surface area contributed by atoms with Crippen molar-refractivity contribution in [1.82, 2.24) is 5.32 Å². The molecule has 0 aromatic heterocycles. The molecule has 0 spiro atoms. The number of esters is 1. The third kappa shape index (κ3) is 47.1. The largest absolute Gasteiger partial charge is 1.00 e. The van der Waals surface area contributed by atoms with Crippen LogP contribution in [-0.4, -0.2) is 53.8 Å². The quantitative estimate of drug-likeness (QED) is 0.186. The Morgan fingerprint density at radius 3 is 1.38 bits per heavy atom. The van der Waals surface area contributed by atoms with E-state index >= 15 is 0 Å². The van der Waals surface area contributed by atoms with Crippen molar-refractivity contribution in [3.63, 3.8) is 0 Å². The molecule has 0 aromatic rings. The smallest absolute Gasteiger partial charge is 0.748 e. The second-order valence-corrected chi connectivity index (χ2v) is 9.91. The van der Waals surface area contributed by atoms with Crippen LogP contribution < -0.4 is 34.9 Å². The number of rotatable bonds is 11. The number of carboxylic acids is 1. The second-order valence-electron chi connectivity index (χ2n) is 8.51. The van der Waals surface area contributed by atoms with Gasteiger partial charge in [-0.3, -0.25) is 14.4 Å². The maximum atomic E-state index is 11.5. The minimum atomic E-state index is -4.32. The zero-order valence-electron chi connectivity index (χ0n) is 22.2. The molecule has 0 saturated heterocycles. The van der Waals surface area contributed by atoms with Gasteiger partial charge in [-0.1, -0.05) is 100 Å². The monoisotopic (exact) mass is 617 g/mol. The van der Waals surface area contributed by atoms with E-state index in [2.05, 4.69) is 5.32 Å². The maximum Gasteiger partial charge on any atom is 1.00 e. The Morgan fingerprint density at radius 2 is 1.15 bits per heavy atom. The van der Waals surface area contributed by atoms with E-state index in [1.54, 1.807) is 13.8 Å². The molecule has 0 aliphatic heterocycles. The first-order chi connectivity index (χ1) is 14.5. The van der Waals surface area contributed by atoms with Gasteiger partial charge in [0.25, 0.3) is 0 Å². The number of hydrogen-bond donors (Lipinski definition) is 2. The van der Waals surface area contributed by atoms with Gasteiger partial charge in [0.05, 0.1) is 34.3 Å². The van der Waals surface area contributed by atoms with Gasteiger partial charge in [-0.2, -0.15) is 0 Å². The molecule has 40 heavy (non-hydrogen) atoms. The predicted octanol–water partition coefficient (Wildman–Crippen LogP) is 5.03. The molecule has 0 aliphatic carbocycles. The van der Waals surface area contributed by atoms with Crippen LogP contribution in [0.25, 0.3) is 0 Å². The Bertz CT molecular complexity index is 656. The average molecular weight is 618 g/mol. The van der Waals surface area contributed by atoms with Crippen LogP contribution in [0.15, 0.2) is 0 Å². The summed E-state index contributed by atoms with van der Waals surface area (Å²) in [6.45, 7) is 16.6.